The molecule has 0 radical (unpaired) electrons. The van der Waals surface area contributed by atoms with E-state index in [9.17, 15) is 19.2 Å². The molecule has 3 atom stereocenters. The minimum atomic E-state index is -0.349. The summed E-state index contributed by atoms with van der Waals surface area (Å²) in [6, 6.07) is 8.65. The van der Waals surface area contributed by atoms with Gasteiger partial charge in [0, 0.05) is 56.1 Å². The number of hydrogen-bond acceptors (Lipinski definition) is 6. The number of carbonyl (C=O) groups is 2. The third-order valence-electron chi connectivity index (χ3n) is 7.46. The fraction of sp³-hybridized carbons (Fsp3) is 0.423. The quantitative estimate of drug-likeness (QED) is 0.685. The molecule has 1 saturated heterocycles. The number of piperazine rings is 1. The van der Waals surface area contributed by atoms with Gasteiger partial charge < -0.3 is 9.80 Å². The molecular formula is C26H26FN5O2. The Hall–Kier alpha value is -3.60. The van der Waals surface area contributed by atoms with Gasteiger partial charge in [0.25, 0.3) is 0 Å². The Bertz CT molecular complexity index is 1240. The number of ketones is 1. The summed E-state index contributed by atoms with van der Waals surface area (Å²) in [5, 5.41) is 9.55. The van der Waals surface area contributed by atoms with Crippen LogP contribution in [0.1, 0.15) is 37.4 Å². The van der Waals surface area contributed by atoms with E-state index < -0.39 is 0 Å². The molecule has 0 spiro atoms. The van der Waals surface area contributed by atoms with Gasteiger partial charge in [-0.2, -0.15) is 5.26 Å². The monoisotopic (exact) mass is 459 g/mol. The lowest BCUT2D eigenvalue weighted by molar-refractivity contribution is -0.129. The Balaban J connectivity index is 1.65. The number of amides is 1. The first-order valence-electron chi connectivity index (χ1n) is 11.7. The number of nitrogens with zero attached hydrogens (tertiary/aromatic N) is 5. The second-order valence-corrected chi connectivity index (χ2v) is 9.28. The predicted molar refractivity (Wildman–Crippen MR) is 124 cm³/mol. The van der Waals surface area contributed by atoms with Crippen LogP contribution in [0.2, 0.25) is 0 Å². The van der Waals surface area contributed by atoms with E-state index in [1.54, 1.807) is 36.1 Å². The zero-order valence-electron chi connectivity index (χ0n) is 19.3. The summed E-state index contributed by atoms with van der Waals surface area (Å²) in [5.74, 6) is -0.352. The molecule has 5 rings (SSSR count). The second-order valence-electron chi connectivity index (χ2n) is 9.28. The largest absolute Gasteiger partial charge is 0.339 e. The van der Waals surface area contributed by atoms with Crippen molar-refractivity contribution in [3.8, 4) is 17.3 Å². The smallest absolute Gasteiger partial charge is 0.226 e. The van der Waals surface area contributed by atoms with Crippen LogP contribution in [-0.4, -0.2) is 52.7 Å². The summed E-state index contributed by atoms with van der Waals surface area (Å²) in [7, 11) is 0. The number of hydrogen-bond donors (Lipinski definition) is 0. The van der Waals surface area contributed by atoms with Gasteiger partial charge >= 0.3 is 0 Å². The van der Waals surface area contributed by atoms with Crippen LogP contribution in [0.5, 0.6) is 0 Å². The van der Waals surface area contributed by atoms with Gasteiger partial charge in [-0.05, 0) is 30.9 Å². The number of nitriles is 1. The zero-order chi connectivity index (χ0) is 24.0. The number of Topliss-reactive ketones (excluding diaryl/α,β-unsaturated/α-hetero) is 1. The molecule has 1 amide bonds. The number of halogens is 1. The number of fused-ring (bicyclic) bond motifs is 3. The van der Waals surface area contributed by atoms with E-state index in [0.29, 0.717) is 49.8 Å². The van der Waals surface area contributed by atoms with E-state index in [2.05, 4.69) is 6.07 Å². The molecule has 0 N–H and O–H groups in total. The molecule has 0 bridgehead atoms. The molecule has 1 aliphatic heterocycles. The molecule has 2 heterocycles. The second kappa shape index (κ2) is 8.64. The molecule has 3 unspecified atom stereocenters. The minimum Gasteiger partial charge on any atom is -0.339 e. The molecule has 34 heavy (non-hydrogen) atoms. The lowest BCUT2D eigenvalue weighted by atomic mass is 9.66. The molecule has 1 fully saturated rings. The Labute approximate surface area is 197 Å². The van der Waals surface area contributed by atoms with E-state index in [1.165, 1.54) is 6.07 Å². The Morgan fingerprint density at radius 2 is 1.91 bits per heavy atom. The summed E-state index contributed by atoms with van der Waals surface area (Å²) in [5.41, 5.74) is 2.83. The van der Waals surface area contributed by atoms with E-state index in [0.717, 1.165) is 17.7 Å². The number of rotatable bonds is 2. The average molecular weight is 460 g/mol. The molecule has 7 nitrogen and oxygen atoms in total. The molecule has 1 aromatic heterocycles. The van der Waals surface area contributed by atoms with Gasteiger partial charge in [-0.3, -0.25) is 9.59 Å². The fourth-order valence-corrected chi connectivity index (χ4v) is 5.50. The molecule has 8 heteroatoms. The lowest BCUT2D eigenvalue weighted by Crippen LogP contribution is -2.48. The third kappa shape index (κ3) is 3.65. The van der Waals surface area contributed by atoms with Gasteiger partial charge in [0.1, 0.15) is 11.9 Å². The molecule has 2 aromatic rings. The highest BCUT2D eigenvalue weighted by Gasteiger charge is 2.42. The number of benzene rings is 1. The number of allylic oxidation sites excluding steroid dienone is 2. The topological polar surface area (TPSA) is 90.2 Å². The molecule has 3 aliphatic rings. The van der Waals surface area contributed by atoms with Crippen molar-refractivity contribution in [3.63, 3.8) is 0 Å². The first-order valence-corrected chi connectivity index (χ1v) is 11.7. The van der Waals surface area contributed by atoms with Crippen LogP contribution in [0.15, 0.2) is 35.9 Å². The fourth-order valence-electron chi connectivity index (χ4n) is 5.50. The highest BCUT2D eigenvalue weighted by Crippen LogP contribution is 2.47. The predicted octanol–water partition coefficient (Wildman–Crippen LogP) is 3.27. The van der Waals surface area contributed by atoms with Crippen molar-refractivity contribution >= 4 is 17.6 Å². The number of anilines is 1. The van der Waals surface area contributed by atoms with Crippen molar-refractivity contribution in [1.29, 1.82) is 5.26 Å². The normalized spacial score (nSPS) is 24.1. The van der Waals surface area contributed by atoms with E-state index in [4.69, 9.17) is 9.97 Å². The maximum atomic E-state index is 14.9. The SMILES string of the molecule is CC(=O)N1CCN(c2nc(-c3ccccc3F)c3c(n2)C2C=C(C#N)C(=O)C(C)C2CC3)CC1. The number of carbonyl (C=O) groups excluding carboxylic acids is 2. The Morgan fingerprint density at radius 3 is 2.59 bits per heavy atom. The first kappa shape index (κ1) is 22.2. The van der Waals surface area contributed by atoms with Crippen molar-refractivity contribution in [2.45, 2.75) is 32.6 Å². The molecule has 0 saturated carbocycles. The van der Waals surface area contributed by atoms with Crippen LogP contribution < -0.4 is 4.90 Å². The van der Waals surface area contributed by atoms with Gasteiger partial charge in [0.15, 0.2) is 5.78 Å². The highest BCUT2D eigenvalue weighted by molar-refractivity contribution is 6.01. The zero-order valence-corrected chi connectivity index (χ0v) is 19.3. The molecule has 174 valence electrons. The summed E-state index contributed by atoms with van der Waals surface area (Å²) in [6.45, 7) is 5.75. The van der Waals surface area contributed by atoms with Crippen LogP contribution in [0, 0.1) is 29.0 Å². The van der Waals surface area contributed by atoms with Crippen molar-refractivity contribution in [1.82, 2.24) is 14.9 Å². The maximum absolute atomic E-state index is 14.9. The highest BCUT2D eigenvalue weighted by atomic mass is 19.1. The van der Waals surface area contributed by atoms with Crippen LogP contribution >= 0.6 is 0 Å². The van der Waals surface area contributed by atoms with Gasteiger partial charge in [-0.25, -0.2) is 14.4 Å². The van der Waals surface area contributed by atoms with Crippen LogP contribution in [-0.2, 0) is 16.0 Å². The Kier molecular flexibility index (Phi) is 5.64. The van der Waals surface area contributed by atoms with Gasteiger partial charge in [0.05, 0.1) is 17.0 Å². The number of aromatic nitrogens is 2. The average Bonchev–Trinajstić information content (AvgIpc) is 2.85. The van der Waals surface area contributed by atoms with Crippen molar-refractivity contribution in [2.24, 2.45) is 11.8 Å². The van der Waals surface area contributed by atoms with E-state index >= 15 is 0 Å². The standard InChI is InChI=1S/C26H26FN5O2/c1-15-18-7-8-20-23(19-5-3-4-6-22(19)27)29-26(32-11-9-31(10-12-32)16(2)33)30-24(20)21(18)13-17(14-28)25(15)34/h3-6,13,15,18,21H,7-12H2,1-2H3. The summed E-state index contributed by atoms with van der Waals surface area (Å²) < 4.78 is 14.9. The summed E-state index contributed by atoms with van der Waals surface area (Å²) >= 11 is 0. The first-order chi connectivity index (χ1) is 16.4. The van der Waals surface area contributed by atoms with Crippen molar-refractivity contribution in [2.75, 3.05) is 31.1 Å². The van der Waals surface area contributed by atoms with Gasteiger partial charge in [0.2, 0.25) is 11.9 Å². The van der Waals surface area contributed by atoms with Crippen molar-refractivity contribution in [3.05, 3.63) is 53.0 Å². The van der Waals surface area contributed by atoms with Crippen molar-refractivity contribution < 1.29 is 14.0 Å². The van der Waals surface area contributed by atoms with Crippen LogP contribution in [0.25, 0.3) is 11.3 Å². The van der Waals surface area contributed by atoms with Gasteiger partial charge in [-0.1, -0.05) is 25.1 Å². The summed E-state index contributed by atoms with van der Waals surface area (Å²) in [4.78, 5) is 38.0. The van der Waals surface area contributed by atoms with Crippen LogP contribution in [0.3, 0.4) is 0 Å². The maximum Gasteiger partial charge on any atom is 0.226 e. The van der Waals surface area contributed by atoms with E-state index in [1.807, 2.05) is 11.8 Å². The van der Waals surface area contributed by atoms with Gasteiger partial charge in [-0.15, -0.1) is 0 Å². The molecule has 2 aliphatic carbocycles. The molecular weight excluding hydrogens is 433 g/mol. The third-order valence-corrected chi connectivity index (χ3v) is 7.46. The minimum absolute atomic E-state index is 0.0379. The summed E-state index contributed by atoms with van der Waals surface area (Å²) in [6.07, 6.45) is 3.15. The van der Waals surface area contributed by atoms with Crippen LogP contribution in [0.4, 0.5) is 10.3 Å². The Morgan fingerprint density at radius 1 is 1.18 bits per heavy atom. The van der Waals surface area contributed by atoms with E-state index in [-0.39, 0.29) is 40.8 Å². The lowest BCUT2D eigenvalue weighted by Gasteiger charge is -2.39. The molecule has 1 aromatic carbocycles.